The number of nitrogens with one attached hydrogen (secondary N) is 1. The van der Waals surface area contributed by atoms with Crippen molar-refractivity contribution in [2.75, 3.05) is 12.8 Å². The molecule has 106 valence electrons. The van der Waals surface area contributed by atoms with Gasteiger partial charge in [0.1, 0.15) is 0 Å². The molecule has 1 aliphatic heterocycles. The zero-order valence-electron chi connectivity index (χ0n) is 12.0. The molecule has 1 saturated heterocycles. The Morgan fingerprint density at radius 3 is 2.95 bits per heavy atom. The van der Waals surface area contributed by atoms with Crippen LogP contribution in [-0.2, 0) is 6.42 Å². The van der Waals surface area contributed by atoms with E-state index in [9.17, 15) is 0 Å². The van der Waals surface area contributed by atoms with Crippen molar-refractivity contribution in [3.05, 3.63) is 42.1 Å². The Bertz CT molecular complexity index is 564. The van der Waals surface area contributed by atoms with Gasteiger partial charge in [-0.1, -0.05) is 30.7 Å². The smallest absolute Gasteiger partial charge is 0.0705 e. The molecule has 1 aromatic heterocycles. The molecule has 3 rings (SSSR count). The molecule has 0 radical (unpaired) electrons. The molecule has 2 aromatic rings. The first-order chi connectivity index (χ1) is 9.86. The van der Waals surface area contributed by atoms with Crippen LogP contribution < -0.4 is 5.32 Å². The molecule has 2 unspecified atom stereocenters. The maximum atomic E-state index is 4.81. The Balaban J connectivity index is 1.76. The Labute approximate surface area is 125 Å². The highest BCUT2D eigenvalue weighted by Gasteiger charge is 2.23. The minimum absolute atomic E-state index is 0.536. The zero-order valence-corrected chi connectivity index (χ0v) is 12.8. The molecule has 0 aliphatic carbocycles. The molecule has 0 saturated carbocycles. The van der Waals surface area contributed by atoms with Crippen LogP contribution in [0, 0.1) is 0 Å². The third-order valence-electron chi connectivity index (χ3n) is 4.12. The van der Waals surface area contributed by atoms with Crippen molar-refractivity contribution in [3.8, 4) is 0 Å². The van der Waals surface area contributed by atoms with Crippen LogP contribution in [0.2, 0.25) is 0 Å². The Morgan fingerprint density at radius 2 is 2.15 bits per heavy atom. The minimum atomic E-state index is 0.536. The lowest BCUT2D eigenvalue weighted by Crippen LogP contribution is -2.39. The van der Waals surface area contributed by atoms with E-state index in [0.29, 0.717) is 6.04 Å². The molecule has 1 N–H and O–H groups in total. The second kappa shape index (κ2) is 6.59. The average molecular weight is 286 g/mol. The highest BCUT2D eigenvalue weighted by Crippen LogP contribution is 2.28. The van der Waals surface area contributed by atoms with Crippen molar-refractivity contribution in [2.24, 2.45) is 0 Å². The summed E-state index contributed by atoms with van der Waals surface area (Å²) in [6, 6.07) is 13.3. The summed E-state index contributed by atoms with van der Waals surface area (Å²) >= 11 is 2.13. The monoisotopic (exact) mass is 286 g/mol. The van der Waals surface area contributed by atoms with Gasteiger partial charge < -0.3 is 5.32 Å². The van der Waals surface area contributed by atoms with Gasteiger partial charge in [-0.15, -0.1) is 0 Å². The van der Waals surface area contributed by atoms with Crippen molar-refractivity contribution in [3.63, 3.8) is 0 Å². The van der Waals surface area contributed by atoms with Crippen LogP contribution in [0.25, 0.3) is 10.9 Å². The number of pyridine rings is 1. The number of likely N-dealkylation sites (N-methyl/N-ethyl adjacent to an activating group) is 1. The van der Waals surface area contributed by atoms with Gasteiger partial charge in [0, 0.05) is 28.8 Å². The van der Waals surface area contributed by atoms with Crippen LogP contribution >= 0.6 is 11.8 Å². The van der Waals surface area contributed by atoms with Crippen LogP contribution in [0.4, 0.5) is 0 Å². The summed E-state index contributed by atoms with van der Waals surface area (Å²) in [5, 5.41) is 5.47. The summed E-state index contributed by atoms with van der Waals surface area (Å²) in [6.07, 6.45) is 5.12. The first-order valence-electron chi connectivity index (χ1n) is 7.50. The van der Waals surface area contributed by atoms with Gasteiger partial charge in [-0.3, -0.25) is 4.98 Å². The summed E-state index contributed by atoms with van der Waals surface area (Å²) in [4.78, 5) is 4.81. The van der Waals surface area contributed by atoms with E-state index < -0.39 is 0 Å². The third-order valence-corrected chi connectivity index (χ3v) is 5.64. The van der Waals surface area contributed by atoms with Gasteiger partial charge in [0.25, 0.3) is 0 Å². The third kappa shape index (κ3) is 3.15. The van der Waals surface area contributed by atoms with Crippen molar-refractivity contribution in [1.29, 1.82) is 0 Å². The number of para-hydroxylation sites is 1. The molecule has 2 atom stereocenters. The summed E-state index contributed by atoms with van der Waals surface area (Å²) in [5.74, 6) is 1.31. The van der Waals surface area contributed by atoms with E-state index in [2.05, 4.69) is 60.5 Å². The van der Waals surface area contributed by atoms with E-state index in [1.807, 2.05) is 0 Å². The number of hydrogen-bond acceptors (Lipinski definition) is 3. The SMILES string of the molecule is CNC(Cc1ccc2ccccc2n1)C1CCCCS1. The quantitative estimate of drug-likeness (QED) is 0.928. The van der Waals surface area contributed by atoms with Crippen LogP contribution in [0.15, 0.2) is 36.4 Å². The molecule has 3 heteroatoms. The van der Waals surface area contributed by atoms with Crippen molar-refractivity contribution >= 4 is 22.7 Å². The normalized spacial score (nSPS) is 20.9. The molecule has 1 aromatic carbocycles. The minimum Gasteiger partial charge on any atom is -0.316 e. The molecule has 0 bridgehead atoms. The number of hydrogen-bond donors (Lipinski definition) is 1. The van der Waals surface area contributed by atoms with E-state index in [0.717, 1.165) is 17.2 Å². The van der Waals surface area contributed by atoms with Crippen molar-refractivity contribution in [1.82, 2.24) is 10.3 Å². The Hall–Kier alpha value is -1.06. The lowest BCUT2D eigenvalue weighted by Gasteiger charge is -2.29. The van der Waals surface area contributed by atoms with Gasteiger partial charge >= 0.3 is 0 Å². The maximum Gasteiger partial charge on any atom is 0.0705 e. The van der Waals surface area contributed by atoms with Gasteiger partial charge in [0.15, 0.2) is 0 Å². The molecule has 0 spiro atoms. The molecule has 20 heavy (non-hydrogen) atoms. The number of nitrogens with zero attached hydrogens (tertiary/aromatic N) is 1. The fourth-order valence-electron chi connectivity index (χ4n) is 2.95. The molecule has 1 fully saturated rings. The number of aromatic nitrogens is 1. The van der Waals surface area contributed by atoms with E-state index in [1.54, 1.807) is 0 Å². The highest BCUT2D eigenvalue weighted by atomic mass is 32.2. The summed E-state index contributed by atoms with van der Waals surface area (Å²) in [5.41, 5.74) is 2.31. The second-order valence-electron chi connectivity index (χ2n) is 5.50. The molecular weight excluding hydrogens is 264 g/mol. The predicted octanol–water partition coefficient (Wildman–Crippen LogP) is 3.65. The standard InChI is InChI=1S/C17H22N2S/c1-18-16(17-8-4-5-11-20-17)12-14-10-9-13-6-2-3-7-15(13)19-14/h2-3,6-7,9-10,16-18H,4-5,8,11-12H2,1H3. The first-order valence-corrected chi connectivity index (χ1v) is 8.55. The molecular formula is C17H22N2S. The van der Waals surface area contributed by atoms with Gasteiger partial charge in [-0.05, 0) is 37.8 Å². The molecule has 2 nitrogen and oxygen atoms in total. The maximum absolute atomic E-state index is 4.81. The van der Waals surface area contributed by atoms with E-state index in [-0.39, 0.29) is 0 Å². The molecule has 2 heterocycles. The summed E-state index contributed by atoms with van der Waals surface area (Å²) in [6.45, 7) is 0. The second-order valence-corrected chi connectivity index (χ2v) is 6.85. The van der Waals surface area contributed by atoms with Gasteiger partial charge in [0.05, 0.1) is 5.52 Å². The summed E-state index contributed by atoms with van der Waals surface area (Å²) < 4.78 is 0. The number of thioether (sulfide) groups is 1. The van der Waals surface area contributed by atoms with Gasteiger partial charge in [-0.25, -0.2) is 0 Å². The topological polar surface area (TPSA) is 24.9 Å². The van der Waals surface area contributed by atoms with Crippen molar-refractivity contribution in [2.45, 2.75) is 37.0 Å². The first kappa shape index (κ1) is 13.9. The van der Waals surface area contributed by atoms with E-state index in [4.69, 9.17) is 4.98 Å². The number of fused-ring (bicyclic) bond motifs is 1. The van der Waals surface area contributed by atoms with Crippen LogP contribution in [0.3, 0.4) is 0 Å². The van der Waals surface area contributed by atoms with Crippen LogP contribution in [-0.4, -0.2) is 29.1 Å². The fraction of sp³-hybridized carbons (Fsp3) is 0.471. The zero-order chi connectivity index (χ0) is 13.8. The number of benzene rings is 1. The highest BCUT2D eigenvalue weighted by molar-refractivity contribution is 8.00. The predicted molar refractivity (Wildman–Crippen MR) is 88.4 cm³/mol. The lowest BCUT2D eigenvalue weighted by atomic mass is 10.0. The summed E-state index contributed by atoms with van der Waals surface area (Å²) in [7, 11) is 2.08. The lowest BCUT2D eigenvalue weighted by molar-refractivity contribution is 0.491. The number of rotatable bonds is 4. The Kier molecular flexibility index (Phi) is 4.58. The fourth-order valence-corrected chi connectivity index (χ4v) is 4.42. The average Bonchev–Trinajstić information content (AvgIpc) is 2.53. The van der Waals surface area contributed by atoms with Crippen LogP contribution in [0.5, 0.6) is 0 Å². The Morgan fingerprint density at radius 1 is 1.25 bits per heavy atom. The van der Waals surface area contributed by atoms with E-state index in [1.165, 1.54) is 36.1 Å². The van der Waals surface area contributed by atoms with Gasteiger partial charge in [-0.2, -0.15) is 11.8 Å². The van der Waals surface area contributed by atoms with Gasteiger partial charge in [0.2, 0.25) is 0 Å². The molecule has 1 aliphatic rings. The molecule has 0 amide bonds. The van der Waals surface area contributed by atoms with Crippen molar-refractivity contribution < 1.29 is 0 Å². The largest absolute Gasteiger partial charge is 0.316 e. The van der Waals surface area contributed by atoms with Crippen LogP contribution in [0.1, 0.15) is 25.0 Å². The van der Waals surface area contributed by atoms with E-state index >= 15 is 0 Å².